The van der Waals surface area contributed by atoms with E-state index in [4.69, 9.17) is 0 Å². The molecule has 0 fully saturated rings. The van der Waals surface area contributed by atoms with Crippen molar-refractivity contribution in [2.75, 3.05) is 11.9 Å². The van der Waals surface area contributed by atoms with Crippen molar-refractivity contribution in [3.8, 4) is 0 Å². The molecule has 0 aliphatic carbocycles. The van der Waals surface area contributed by atoms with Crippen LogP contribution in [0.15, 0.2) is 57.1 Å². The minimum atomic E-state index is 0. The zero-order chi connectivity index (χ0) is 15.1. The minimum absolute atomic E-state index is 0. The molecule has 0 saturated carbocycles. The summed E-state index contributed by atoms with van der Waals surface area (Å²) in [5, 5.41) is 4.74. The summed E-state index contributed by atoms with van der Waals surface area (Å²) in [6, 6.07) is 15.2. The fourth-order valence-corrected chi connectivity index (χ4v) is 5.08. The molecule has 0 amide bonds. The summed E-state index contributed by atoms with van der Waals surface area (Å²) in [6.07, 6.45) is 2.30. The van der Waals surface area contributed by atoms with Crippen LogP contribution in [0.2, 0.25) is 0 Å². The van der Waals surface area contributed by atoms with Crippen LogP contribution >= 0.6 is 23.1 Å². The number of hydrogen-bond donors (Lipinski definition) is 0. The first-order valence-electron chi connectivity index (χ1n) is 7.40. The summed E-state index contributed by atoms with van der Waals surface area (Å²) in [7, 11) is 2.15. The Labute approximate surface area is 161 Å². The maximum Gasteiger partial charge on any atom is 0.212 e. The zero-order valence-electron chi connectivity index (χ0n) is 13.0. The largest absolute Gasteiger partial charge is 1.00 e. The molecule has 0 unspecified atom stereocenters. The number of benzene rings is 1. The fraction of sp³-hybridized carbons (Fsp3) is 0.167. The number of para-hydroxylation sites is 1. The molecule has 0 saturated heterocycles. The molecule has 1 aromatic carbocycles. The van der Waals surface area contributed by atoms with Crippen molar-refractivity contribution in [2.24, 2.45) is 0 Å². The summed E-state index contributed by atoms with van der Waals surface area (Å²) in [5.74, 6) is 0. The minimum Gasteiger partial charge on any atom is -1.00 e. The number of fused-ring (bicyclic) bond motifs is 2. The Balaban J connectivity index is 0.00000156. The summed E-state index contributed by atoms with van der Waals surface area (Å²) in [6.45, 7) is 3.17. The van der Waals surface area contributed by atoms with Gasteiger partial charge in [0.1, 0.15) is 6.54 Å². The predicted molar refractivity (Wildman–Crippen MR) is 96.4 cm³/mol. The van der Waals surface area contributed by atoms with Gasteiger partial charge in [-0.05, 0) is 30.5 Å². The van der Waals surface area contributed by atoms with Crippen molar-refractivity contribution in [2.45, 2.75) is 17.7 Å². The smallest absolute Gasteiger partial charge is 0.212 e. The first kappa shape index (κ1) is 16.8. The lowest BCUT2D eigenvalue weighted by Crippen LogP contribution is -3.00. The van der Waals surface area contributed by atoms with Gasteiger partial charge in [-0.25, -0.2) is 0 Å². The van der Waals surface area contributed by atoms with Gasteiger partial charge in [-0.3, -0.25) is 0 Å². The molecular weight excluding hydrogens is 435 g/mol. The van der Waals surface area contributed by atoms with Crippen LogP contribution in [0.1, 0.15) is 12.6 Å². The molecule has 3 aromatic rings. The Morgan fingerprint density at radius 1 is 1.13 bits per heavy atom. The number of anilines is 1. The normalized spacial score (nSPS) is 15.0. The zero-order valence-corrected chi connectivity index (χ0v) is 16.8. The summed E-state index contributed by atoms with van der Waals surface area (Å²) in [4.78, 5) is 2.28. The van der Waals surface area contributed by atoms with E-state index in [0.717, 1.165) is 6.54 Å². The summed E-state index contributed by atoms with van der Waals surface area (Å²) < 4.78 is 3.76. The SMILES string of the molecule is CC[n+]1c(/C=C2\Sc3sccc3N2C)ccc2ccccc21.[I-]. The van der Waals surface area contributed by atoms with Gasteiger partial charge < -0.3 is 28.9 Å². The topological polar surface area (TPSA) is 7.12 Å². The van der Waals surface area contributed by atoms with E-state index in [0.29, 0.717) is 0 Å². The molecule has 1 aliphatic heterocycles. The van der Waals surface area contributed by atoms with Gasteiger partial charge in [-0.2, -0.15) is 4.57 Å². The van der Waals surface area contributed by atoms with E-state index in [1.165, 1.54) is 31.5 Å². The average Bonchev–Trinajstić information content (AvgIpc) is 3.11. The van der Waals surface area contributed by atoms with E-state index in [2.05, 4.69) is 77.4 Å². The second kappa shape index (κ2) is 6.83. The molecule has 118 valence electrons. The van der Waals surface area contributed by atoms with E-state index in [-0.39, 0.29) is 24.0 Å². The van der Waals surface area contributed by atoms with Crippen molar-refractivity contribution in [3.05, 3.63) is 58.6 Å². The molecule has 0 radical (unpaired) electrons. The third kappa shape index (κ3) is 2.90. The average molecular weight is 452 g/mol. The van der Waals surface area contributed by atoms with Crippen LogP contribution in [0.4, 0.5) is 5.69 Å². The maximum atomic E-state index is 2.38. The number of aromatic nitrogens is 1. The van der Waals surface area contributed by atoms with Crippen LogP contribution in [0, 0.1) is 0 Å². The molecule has 2 nitrogen and oxygen atoms in total. The lowest BCUT2D eigenvalue weighted by Gasteiger charge is -2.12. The highest BCUT2D eigenvalue weighted by atomic mass is 127. The number of nitrogens with zero attached hydrogens (tertiary/aromatic N) is 2. The van der Waals surface area contributed by atoms with Crippen LogP contribution in [-0.4, -0.2) is 7.05 Å². The molecule has 1 aliphatic rings. The molecule has 5 heteroatoms. The van der Waals surface area contributed by atoms with Gasteiger partial charge in [0.05, 0.1) is 14.9 Å². The number of aryl methyl sites for hydroxylation is 1. The van der Waals surface area contributed by atoms with Crippen molar-refractivity contribution >= 4 is 45.8 Å². The lowest BCUT2D eigenvalue weighted by molar-refractivity contribution is -0.669. The van der Waals surface area contributed by atoms with Gasteiger partial charge >= 0.3 is 0 Å². The van der Waals surface area contributed by atoms with E-state index >= 15 is 0 Å². The third-order valence-corrected chi connectivity index (χ3v) is 6.29. The number of thiophene rings is 1. The Morgan fingerprint density at radius 3 is 2.74 bits per heavy atom. The molecule has 4 rings (SSSR count). The van der Waals surface area contributed by atoms with Crippen LogP contribution < -0.4 is 33.4 Å². The molecule has 0 spiro atoms. The van der Waals surface area contributed by atoms with Crippen LogP contribution in [0.5, 0.6) is 0 Å². The Morgan fingerprint density at radius 2 is 1.96 bits per heavy atom. The number of thioether (sulfide) groups is 1. The second-order valence-corrected chi connectivity index (χ2v) is 7.50. The standard InChI is InChI=1S/C18H17N2S2.HI/c1-3-20-14(9-8-13-6-4-5-7-15(13)20)12-17-19(2)16-10-11-21-18(16)22-17;/h4-12H,3H2,1-2H3;1H/q+1;/p-1. The van der Waals surface area contributed by atoms with Gasteiger partial charge in [0.2, 0.25) is 11.2 Å². The first-order valence-corrected chi connectivity index (χ1v) is 9.10. The number of hydrogen-bond acceptors (Lipinski definition) is 3. The van der Waals surface area contributed by atoms with Crippen LogP contribution in [-0.2, 0) is 6.54 Å². The number of halogens is 1. The molecular formula is C18H17IN2S2. The van der Waals surface area contributed by atoms with Crippen molar-refractivity contribution in [3.63, 3.8) is 0 Å². The number of pyridine rings is 1. The third-order valence-electron chi connectivity index (χ3n) is 4.06. The Kier molecular flexibility index (Phi) is 4.98. The van der Waals surface area contributed by atoms with Crippen molar-refractivity contribution in [1.82, 2.24) is 0 Å². The van der Waals surface area contributed by atoms with E-state index in [1.54, 1.807) is 0 Å². The predicted octanol–water partition coefficient (Wildman–Crippen LogP) is 1.75. The van der Waals surface area contributed by atoms with Crippen LogP contribution in [0.3, 0.4) is 0 Å². The molecule has 0 bridgehead atoms. The molecule has 3 heterocycles. The molecule has 23 heavy (non-hydrogen) atoms. The van der Waals surface area contributed by atoms with Gasteiger partial charge in [-0.1, -0.05) is 23.9 Å². The highest BCUT2D eigenvalue weighted by Crippen LogP contribution is 2.48. The number of rotatable bonds is 2. The Bertz CT molecular complexity index is 886. The quantitative estimate of drug-likeness (QED) is 0.432. The molecule has 0 N–H and O–H groups in total. The van der Waals surface area contributed by atoms with E-state index in [9.17, 15) is 0 Å². The highest BCUT2D eigenvalue weighted by molar-refractivity contribution is 8.05. The fourth-order valence-electron chi connectivity index (χ4n) is 2.91. The van der Waals surface area contributed by atoms with Crippen molar-refractivity contribution in [1.29, 1.82) is 0 Å². The monoisotopic (exact) mass is 452 g/mol. The second-order valence-electron chi connectivity index (χ2n) is 5.30. The van der Waals surface area contributed by atoms with Gasteiger partial charge in [-0.15, -0.1) is 11.3 Å². The van der Waals surface area contributed by atoms with E-state index < -0.39 is 0 Å². The van der Waals surface area contributed by atoms with Gasteiger partial charge in [0.25, 0.3) is 0 Å². The lowest BCUT2D eigenvalue weighted by atomic mass is 10.2. The summed E-state index contributed by atoms with van der Waals surface area (Å²) in [5.41, 5.74) is 3.87. The van der Waals surface area contributed by atoms with Crippen molar-refractivity contribution < 1.29 is 28.5 Å². The maximum absolute atomic E-state index is 2.38. The molecule has 0 atom stereocenters. The van der Waals surface area contributed by atoms with Gasteiger partial charge in [0.15, 0.2) is 0 Å². The van der Waals surface area contributed by atoms with E-state index in [1.807, 2.05) is 23.1 Å². The van der Waals surface area contributed by atoms with Crippen LogP contribution in [0.25, 0.3) is 17.0 Å². The first-order chi connectivity index (χ1) is 10.8. The highest BCUT2D eigenvalue weighted by Gasteiger charge is 2.24. The van der Waals surface area contributed by atoms with Gasteiger partial charge in [0, 0.05) is 30.6 Å². The molecule has 2 aromatic heterocycles. The Hall–Kier alpha value is -1.05. The summed E-state index contributed by atoms with van der Waals surface area (Å²) >= 11 is 3.68.